The highest BCUT2D eigenvalue weighted by Gasteiger charge is 2.31. The van der Waals surface area contributed by atoms with Gasteiger partial charge in [-0.3, -0.25) is 0 Å². The molecule has 0 aliphatic carbocycles. The minimum Gasteiger partial charge on any atom is -0.495 e. The number of aromatic nitrogens is 1. The van der Waals surface area contributed by atoms with E-state index < -0.39 is 12.8 Å². The number of alkyl halides is 1. The quantitative estimate of drug-likeness (QED) is 0.350. The molecule has 5 rings (SSSR count). The van der Waals surface area contributed by atoms with Gasteiger partial charge < -0.3 is 23.5 Å². The van der Waals surface area contributed by atoms with E-state index >= 15 is 0 Å². The van der Waals surface area contributed by atoms with Crippen LogP contribution >= 0.6 is 11.9 Å². The van der Waals surface area contributed by atoms with Gasteiger partial charge >= 0.3 is 0 Å². The molecular formula is C24H21FN2O4S. The number of rotatable bonds is 7. The summed E-state index contributed by atoms with van der Waals surface area (Å²) in [7, 11) is 3.21. The Labute approximate surface area is 188 Å². The molecule has 0 spiro atoms. The molecule has 3 aromatic carbocycles. The average Bonchev–Trinajstić information content (AvgIpc) is 3.46. The van der Waals surface area contributed by atoms with Gasteiger partial charge in [-0.15, -0.1) is 0 Å². The Morgan fingerprint density at radius 2 is 1.84 bits per heavy atom. The van der Waals surface area contributed by atoms with Crippen molar-refractivity contribution >= 4 is 28.7 Å². The Kier molecular flexibility index (Phi) is 5.53. The number of anilines is 1. The second kappa shape index (κ2) is 8.63. The van der Waals surface area contributed by atoms with Gasteiger partial charge in [0.1, 0.15) is 40.3 Å². The normalized spacial score (nSPS) is 14.8. The summed E-state index contributed by atoms with van der Waals surface area (Å²) in [5.41, 5.74) is 3.51. The highest BCUT2D eigenvalue weighted by atomic mass is 32.2. The molecule has 8 heteroatoms. The van der Waals surface area contributed by atoms with Crippen molar-refractivity contribution in [2.75, 3.05) is 25.6 Å². The molecule has 2 heterocycles. The number of nitrogens with one attached hydrogen (secondary N) is 1. The molecule has 6 nitrogen and oxygen atoms in total. The molecule has 0 saturated carbocycles. The van der Waals surface area contributed by atoms with E-state index in [1.165, 1.54) is 11.9 Å². The van der Waals surface area contributed by atoms with Crippen LogP contribution in [0.4, 0.5) is 10.2 Å². The summed E-state index contributed by atoms with van der Waals surface area (Å²) >= 11 is 1.30. The van der Waals surface area contributed by atoms with Crippen molar-refractivity contribution < 1.29 is 23.1 Å². The molecule has 1 N–H and O–H groups in total. The molecular weight excluding hydrogens is 431 g/mol. The number of nitrogens with zero attached hydrogens (tertiary/aromatic N) is 1. The lowest BCUT2D eigenvalue weighted by molar-refractivity contribution is 0.192. The number of ether oxygens (including phenoxy) is 3. The van der Waals surface area contributed by atoms with Crippen LogP contribution < -0.4 is 18.9 Å². The summed E-state index contributed by atoms with van der Waals surface area (Å²) in [5, 5.41) is 4.91. The van der Waals surface area contributed by atoms with E-state index in [0.717, 1.165) is 21.6 Å². The maximum Gasteiger partial charge on any atom is 0.191 e. The molecule has 0 bridgehead atoms. The molecule has 1 atom stereocenters. The monoisotopic (exact) mass is 452 g/mol. The Morgan fingerprint density at radius 1 is 1.09 bits per heavy atom. The largest absolute Gasteiger partial charge is 0.495 e. The van der Waals surface area contributed by atoms with Crippen molar-refractivity contribution in [3.05, 3.63) is 60.2 Å². The molecule has 1 aromatic heterocycles. The lowest BCUT2D eigenvalue weighted by Gasteiger charge is -2.13. The van der Waals surface area contributed by atoms with Crippen LogP contribution in [0.1, 0.15) is 5.56 Å². The summed E-state index contributed by atoms with van der Waals surface area (Å²) in [5.74, 6) is 2.44. The van der Waals surface area contributed by atoms with Crippen molar-refractivity contribution in [3.63, 3.8) is 0 Å². The highest BCUT2D eigenvalue weighted by Crippen LogP contribution is 2.47. The summed E-state index contributed by atoms with van der Waals surface area (Å²) in [4.78, 5) is 0.772. The van der Waals surface area contributed by atoms with E-state index in [-0.39, 0.29) is 0 Å². The van der Waals surface area contributed by atoms with E-state index in [4.69, 9.17) is 18.7 Å². The second-order valence-electron chi connectivity index (χ2n) is 7.30. The second-order valence-corrected chi connectivity index (χ2v) is 8.11. The highest BCUT2D eigenvalue weighted by molar-refractivity contribution is 8.00. The third-order valence-corrected chi connectivity index (χ3v) is 6.33. The predicted molar refractivity (Wildman–Crippen MR) is 123 cm³/mol. The molecule has 0 saturated heterocycles. The van der Waals surface area contributed by atoms with Gasteiger partial charge in [-0.2, -0.15) is 0 Å². The summed E-state index contributed by atoms with van der Waals surface area (Å²) in [6.07, 6.45) is -0.0350. The first-order chi connectivity index (χ1) is 15.7. The average molecular weight is 453 g/mol. The van der Waals surface area contributed by atoms with Gasteiger partial charge in [-0.25, -0.2) is 4.39 Å². The predicted octanol–water partition coefficient (Wildman–Crippen LogP) is 5.90. The van der Waals surface area contributed by atoms with Gasteiger partial charge in [0, 0.05) is 12.0 Å². The fraction of sp³-hybridized carbons (Fsp3) is 0.208. The zero-order valence-corrected chi connectivity index (χ0v) is 18.4. The van der Waals surface area contributed by atoms with Crippen LogP contribution in [0.5, 0.6) is 17.2 Å². The Balaban J connectivity index is 1.57. The van der Waals surface area contributed by atoms with E-state index in [9.17, 15) is 4.39 Å². The van der Waals surface area contributed by atoms with Crippen LogP contribution in [-0.4, -0.2) is 32.2 Å². The maximum atomic E-state index is 13.5. The molecule has 1 aliphatic rings. The third-order valence-electron chi connectivity index (χ3n) is 5.43. The first kappa shape index (κ1) is 20.5. The number of benzene rings is 3. The van der Waals surface area contributed by atoms with Gasteiger partial charge in [0.2, 0.25) is 0 Å². The number of methoxy groups -OCH3 is 2. The zero-order chi connectivity index (χ0) is 22.1. The van der Waals surface area contributed by atoms with Crippen molar-refractivity contribution in [2.45, 2.75) is 17.4 Å². The molecule has 0 radical (unpaired) electrons. The maximum absolute atomic E-state index is 13.5. The molecule has 0 fully saturated rings. The van der Waals surface area contributed by atoms with Crippen LogP contribution in [0.15, 0.2) is 64.0 Å². The van der Waals surface area contributed by atoms with E-state index in [1.54, 1.807) is 14.2 Å². The topological polar surface area (TPSA) is 65.8 Å². The molecule has 164 valence electrons. The van der Waals surface area contributed by atoms with Crippen LogP contribution in [0, 0.1) is 0 Å². The standard InChI is InChI=1S/C24H21FN2O4S/c1-28-18-9-6-10-19(29-2)23(18)32-27-24-21-20(31-26-24)12-16(14-7-4-3-5-8-14)17-11-15(13-25)30-22(17)21/h3-10,12,15H,11,13H2,1-2H3,(H,26,27). The SMILES string of the molecule is COc1cccc(OC)c1SNc1noc2cc(-c3ccccc3)c3c(c12)OC(CF)C3. The summed E-state index contributed by atoms with van der Waals surface area (Å²) in [6.45, 7) is -0.564. The fourth-order valence-electron chi connectivity index (χ4n) is 3.93. The Morgan fingerprint density at radius 3 is 2.53 bits per heavy atom. The summed E-state index contributed by atoms with van der Waals surface area (Å²) in [6, 6.07) is 17.4. The molecule has 0 amide bonds. The summed E-state index contributed by atoms with van der Waals surface area (Å²) < 4.78 is 39.3. The van der Waals surface area contributed by atoms with E-state index in [2.05, 4.69) is 9.88 Å². The van der Waals surface area contributed by atoms with Crippen LogP contribution in [0.2, 0.25) is 0 Å². The van der Waals surface area contributed by atoms with Crippen molar-refractivity contribution in [1.82, 2.24) is 5.16 Å². The van der Waals surface area contributed by atoms with Gasteiger partial charge in [0.05, 0.1) is 14.2 Å². The number of hydrogen-bond acceptors (Lipinski definition) is 7. The Hall–Kier alpha value is -3.39. The van der Waals surface area contributed by atoms with Crippen LogP contribution in [-0.2, 0) is 6.42 Å². The third kappa shape index (κ3) is 3.50. The van der Waals surface area contributed by atoms with Crippen molar-refractivity contribution in [2.24, 2.45) is 0 Å². The lowest BCUT2D eigenvalue weighted by Crippen LogP contribution is -2.14. The Bertz CT molecular complexity index is 1240. The number of halogens is 1. The lowest BCUT2D eigenvalue weighted by atomic mass is 9.95. The number of hydrogen-bond donors (Lipinski definition) is 1. The van der Waals surface area contributed by atoms with Gasteiger partial charge in [-0.05, 0) is 41.3 Å². The zero-order valence-electron chi connectivity index (χ0n) is 17.6. The number of fused-ring (bicyclic) bond motifs is 3. The minimum absolute atomic E-state index is 0.490. The minimum atomic E-state index is -0.564. The molecule has 1 unspecified atom stereocenters. The van der Waals surface area contributed by atoms with Crippen molar-refractivity contribution in [3.8, 4) is 28.4 Å². The van der Waals surface area contributed by atoms with Crippen molar-refractivity contribution in [1.29, 1.82) is 0 Å². The molecule has 4 aromatic rings. The molecule has 1 aliphatic heterocycles. The fourth-order valence-corrected chi connectivity index (χ4v) is 4.77. The van der Waals surface area contributed by atoms with Gasteiger partial charge in [0.15, 0.2) is 11.4 Å². The van der Waals surface area contributed by atoms with E-state index in [0.29, 0.717) is 40.5 Å². The van der Waals surface area contributed by atoms with Crippen LogP contribution in [0.25, 0.3) is 22.1 Å². The first-order valence-electron chi connectivity index (χ1n) is 10.1. The van der Waals surface area contributed by atoms with Crippen LogP contribution in [0.3, 0.4) is 0 Å². The van der Waals surface area contributed by atoms with Gasteiger partial charge in [0.25, 0.3) is 0 Å². The van der Waals surface area contributed by atoms with E-state index in [1.807, 2.05) is 54.6 Å². The van der Waals surface area contributed by atoms with Gasteiger partial charge in [-0.1, -0.05) is 41.6 Å². The molecule has 32 heavy (non-hydrogen) atoms. The smallest absolute Gasteiger partial charge is 0.191 e. The first-order valence-corrected chi connectivity index (χ1v) is 10.9.